The van der Waals surface area contributed by atoms with E-state index < -0.39 is 11.4 Å². The third-order valence-electron chi connectivity index (χ3n) is 3.08. The fraction of sp³-hybridized carbons (Fsp3) is 0.308. The van der Waals surface area contributed by atoms with Crippen molar-refractivity contribution in [3.05, 3.63) is 29.8 Å². The summed E-state index contributed by atoms with van der Waals surface area (Å²) in [5, 5.41) is 0. The molecule has 0 aromatic heterocycles. The summed E-state index contributed by atoms with van der Waals surface area (Å²) >= 11 is 0. The van der Waals surface area contributed by atoms with Crippen molar-refractivity contribution in [2.24, 2.45) is 4.99 Å². The Balaban J connectivity index is 2.67. The Hall–Kier alpha value is -1.97. The fourth-order valence-corrected chi connectivity index (χ4v) is 2.20. The highest BCUT2D eigenvalue weighted by atomic mass is 16.5. The lowest BCUT2D eigenvalue weighted by molar-refractivity contribution is -0.144. The smallest absolute Gasteiger partial charge is 0.322 e. The quantitative estimate of drug-likeness (QED) is 0.729. The van der Waals surface area contributed by atoms with Crippen LogP contribution in [0.25, 0.3) is 0 Å². The number of Topliss-reactive ketones (excluding diaryl/α,β-unsaturated/α-hetero) is 1. The lowest BCUT2D eigenvalue weighted by Gasteiger charge is -2.23. The maximum absolute atomic E-state index is 12.0. The highest BCUT2D eigenvalue weighted by Gasteiger charge is 2.48. The summed E-state index contributed by atoms with van der Waals surface area (Å²) in [6.45, 7) is 3.08. The summed E-state index contributed by atoms with van der Waals surface area (Å²) in [7, 11) is 1.31. The number of benzene rings is 1. The number of methoxy groups -OCH3 is 1. The summed E-state index contributed by atoms with van der Waals surface area (Å²) in [6.07, 6.45) is 0. The molecule has 0 saturated heterocycles. The molecule has 17 heavy (non-hydrogen) atoms. The van der Waals surface area contributed by atoms with E-state index in [1.807, 2.05) is 12.1 Å². The second kappa shape index (κ2) is 3.80. The van der Waals surface area contributed by atoms with Crippen molar-refractivity contribution < 1.29 is 14.3 Å². The van der Waals surface area contributed by atoms with Gasteiger partial charge in [0.1, 0.15) is 11.1 Å². The molecule has 4 heteroatoms. The number of aliphatic imine (C=N–C) groups is 1. The molecule has 0 bridgehead atoms. The van der Waals surface area contributed by atoms with Gasteiger partial charge in [-0.3, -0.25) is 9.59 Å². The zero-order valence-electron chi connectivity index (χ0n) is 9.98. The van der Waals surface area contributed by atoms with E-state index in [2.05, 4.69) is 4.99 Å². The molecule has 1 heterocycles. The van der Waals surface area contributed by atoms with E-state index in [4.69, 9.17) is 4.74 Å². The van der Waals surface area contributed by atoms with Gasteiger partial charge in [-0.25, -0.2) is 4.99 Å². The average molecular weight is 231 g/mol. The zero-order chi connectivity index (χ0) is 12.6. The minimum absolute atomic E-state index is 0.214. The zero-order valence-corrected chi connectivity index (χ0v) is 9.98. The third kappa shape index (κ3) is 1.48. The molecule has 1 atom stereocenters. The molecule has 1 aliphatic heterocycles. The van der Waals surface area contributed by atoms with Crippen molar-refractivity contribution in [3.8, 4) is 0 Å². The normalized spacial score (nSPS) is 21.7. The molecule has 1 unspecified atom stereocenters. The first-order valence-corrected chi connectivity index (χ1v) is 5.30. The van der Waals surface area contributed by atoms with E-state index in [-0.39, 0.29) is 11.5 Å². The molecule has 0 radical (unpaired) electrons. The number of hydrogen-bond acceptors (Lipinski definition) is 4. The highest BCUT2D eigenvalue weighted by Crippen LogP contribution is 2.41. The lowest BCUT2D eigenvalue weighted by Crippen LogP contribution is -2.42. The molecule has 1 aliphatic rings. The van der Waals surface area contributed by atoms with Gasteiger partial charge in [-0.1, -0.05) is 18.2 Å². The number of hydrogen-bond donors (Lipinski definition) is 0. The van der Waals surface area contributed by atoms with Crippen LogP contribution in [0.1, 0.15) is 19.4 Å². The van der Waals surface area contributed by atoms with Crippen LogP contribution in [0.5, 0.6) is 0 Å². The topological polar surface area (TPSA) is 55.7 Å². The van der Waals surface area contributed by atoms with Gasteiger partial charge in [0.25, 0.3) is 0 Å². The molecular formula is C13H13NO3. The number of ether oxygens (including phenoxy) is 1. The van der Waals surface area contributed by atoms with Gasteiger partial charge in [0, 0.05) is 12.5 Å². The van der Waals surface area contributed by atoms with Gasteiger partial charge in [-0.2, -0.15) is 0 Å². The summed E-state index contributed by atoms with van der Waals surface area (Å²) in [5.41, 5.74) is 0.533. The van der Waals surface area contributed by atoms with Gasteiger partial charge in [-0.15, -0.1) is 0 Å². The largest absolute Gasteiger partial charge is 0.468 e. The number of para-hydroxylation sites is 1. The van der Waals surface area contributed by atoms with Crippen LogP contribution in [0.4, 0.5) is 5.69 Å². The highest BCUT2D eigenvalue weighted by molar-refractivity contribution is 6.48. The molecule has 0 saturated carbocycles. The second-order valence-corrected chi connectivity index (χ2v) is 4.15. The molecule has 0 amide bonds. The van der Waals surface area contributed by atoms with Crippen molar-refractivity contribution in [1.29, 1.82) is 0 Å². The first-order valence-electron chi connectivity index (χ1n) is 5.30. The molecule has 1 aromatic carbocycles. The number of ketones is 1. The van der Waals surface area contributed by atoms with Crippen molar-refractivity contribution in [2.45, 2.75) is 19.3 Å². The molecule has 0 aliphatic carbocycles. The van der Waals surface area contributed by atoms with Gasteiger partial charge < -0.3 is 4.74 Å². The molecule has 88 valence electrons. The standard InChI is InChI=1S/C13H13NO3/c1-8(15)11-13(2,12(16)17-3)9-6-4-5-7-10(9)14-11/h4-7H,1-3H3. The van der Waals surface area contributed by atoms with E-state index >= 15 is 0 Å². The number of fused-ring (bicyclic) bond motifs is 1. The molecule has 0 N–H and O–H groups in total. The van der Waals surface area contributed by atoms with Gasteiger partial charge in [-0.05, 0) is 13.0 Å². The van der Waals surface area contributed by atoms with Crippen LogP contribution < -0.4 is 0 Å². The van der Waals surface area contributed by atoms with E-state index in [9.17, 15) is 9.59 Å². The lowest BCUT2D eigenvalue weighted by atomic mass is 9.78. The first kappa shape index (κ1) is 11.5. The fourth-order valence-electron chi connectivity index (χ4n) is 2.20. The van der Waals surface area contributed by atoms with Crippen LogP contribution in [0, 0.1) is 0 Å². The molecule has 0 spiro atoms. The van der Waals surface area contributed by atoms with Crippen molar-refractivity contribution in [1.82, 2.24) is 0 Å². The Kier molecular flexibility index (Phi) is 2.58. The molecule has 0 fully saturated rings. The van der Waals surface area contributed by atoms with Gasteiger partial charge in [0.15, 0.2) is 5.78 Å². The summed E-state index contributed by atoms with van der Waals surface area (Å²) in [4.78, 5) is 27.8. The predicted octanol–water partition coefficient (Wildman–Crippen LogP) is 1.79. The summed E-state index contributed by atoms with van der Waals surface area (Å²) < 4.78 is 4.80. The first-order chi connectivity index (χ1) is 8.01. The Morgan fingerprint density at radius 1 is 1.29 bits per heavy atom. The van der Waals surface area contributed by atoms with Crippen LogP contribution in [0.2, 0.25) is 0 Å². The molecule has 1 aromatic rings. The Bertz CT molecular complexity index is 533. The molecule has 4 nitrogen and oxygen atoms in total. The van der Waals surface area contributed by atoms with E-state index in [0.29, 0.717) is 5.69 Å². The van der Waals surface area contributed by atoms with Gasteiger partial charge in [0.2, 0.25) is 0 Å². The number of rotatable bonds is 2. The molecule has 2 rings (SSSR count). The monoisotopic (exact) mass is 231 g/mol. The van der Waals surface area contributed by atoms with E-state index in [0.717, 1.165) is 5.56 Å². The van der Waals surface area contributed by atoms with Gasteiger partial charge >= 0.3 is 5.97 Å². The van der Waals surface area contributed by atoms with E-state index in [1.165, 1.54) is 14.0 Å². The maximum atomic E-state index is 12.0. The van der Waals surface area contributed by atoms with Crippen LogP contribution >= 0.6 is 0 Å². The van der Waals surface area contributed by atoms with E-state index in [1.54, 1.807) is 19.1 Å². The van der Waals surface area contributed by atoms with Crippen molar-refractivity contribution in [2.75, 3.05) is 7.11 Å². The van der Waals surface area contributed by atoms with Crippen LogP contribution in [0.3, 0.4) is 0 Å². The minimum atomic E-state index is -1.09. The number of carbonyl (C=O) groups is 2. The number of nitrogens with zero attached hydrogens (tertiary/aromatic N) is 1. The SMILES string of the molecule is COC(=O)C1(C)C(C(C)=O)=Nc2ccccc21. The van der Waals surface area contributed by atoms with Crippen molar-refractivity contribution >= 4 is 23.2 Å². The van der Waals surface area contributed by atoms with Gasteiger partial charge in [0.05, 0.1) is 12.8 Å². The number of esters is 1. The van der Waals surface area contributed by atoms with Crippen LogP contribution in [-0.4, -0.2) is 24.6 Å². The number of carbonyl (C=O) groups excluding carboxylic acids is 2. The Morgan fingerprint density at radius 3 is 2.53 bits per heavy atom. The van der Waals surface area contributed by atoms with Crippen molar-refractivity contribution in [3.63, 3.8) is 0 Å². The maximum Gasteiger partial charge on any atom is 0.322 e. The Labute approximate surface area is 99.3 Å². The predicted molar refractivity (Wildman–Crippen MR) is 63.6 cm³/mol. The minimum Gasteiger partial charge on any atom is -0.468 e. The second-order valence-electron chi connectivity index (χ2n) is 4.15. The third-order valence-corrected chi connectivity index (χ3v) is 3.08. The van der Waals surface area contributed by atoms with Crippen LogP contribution in [-0.2, 0) is 19.7 Å². The Morgan fingerprint density at radius 2 is 1.94 bits per heavy atom. The average Bonchev–Trinajstić information content (AvgIpc) is 2.64. The summed E-state index contributed by atoms with van der Waals surface area (Å²) in [6, 6.07) is 7.22. The molecular weight excluding hydrogens is 218 g/mol. The summed E-state index contributed by atoms with van der Waals surface area (Å²) in [5.74, 6) is -0.675. The van der Waals surface area contributed by atoms with Crippen LogP contribution in [0.15, 0.2) is 29.3 Å².